The molecule has 4 heterocycles. The number of hydrogen-bond acceptors (Lipinski definition) is 8. The van der Waals surface area contributed by atoms with Crippen LogP contribution >= 0.6 is 11.6 Å². The van der Waals surface area contributed by atoms with Gasteiger partial charge in [0.1, 0.15) is 18.0 Å². The Labute approximate surface area is 287 Å². The third-order valence-corrected chi connectivity index (χ3v) is 9.75. The van der Waals surface area contributed by atoms with Crippen molar-refractivity contribution in [3.05, 3.63) is 119 Å². The number of carbonyl (C=O) groups is 1. The Balaban J connectivity index is 1.29. The van der Waals surface area contributed by atoms with Crippen molar-refractivity contribution in [1.29, 1.82) is 5.26 Å². The van der Waals surface area contributed by atoms with Gasteiger partial charge in [0.25, 0.3) is 0 Å². The van der Waals surface area contributed by atoms with Crippen molar-refractivity contribution < 1.29 is 9.18 Å². The smallest absolute Gasteiger partial charge is 0.247 e. The average molecular weight is 677 g/mol. The molecular formula is C36H34ClFN10O. The number of benzene rings is 3. The molecule has 13 heteroatoms. The first-order chi connectivity index (χ1) is 23.9. The number of likely N-dealkylation sites (tertiary alicyclic amines) is 2. The fraction of sp³-hybridized carbons (Fsp3) is 0.278. The van der Waals surface area contributed by atoms with E-state index in [9.17, 15) is 14.4 Å². The van der Waals surface area contributed by atoms with Gasteiger partial charge in [-0.05, 0) is 102 Å². The lowest BCUT2D eigenvalue weighted by atomic mass is 9.80. The highest BCUT2D eigenvalue weighted by Crippen LogP contribution is 2.44. The zero-order valence-corrected chi connectivity index (χ0v) is 27.3. The van der Waals surface area contributed by atoms with E-state index in [0.717, 1.165) is 49.2 Å². The summed E-state index contributed by atoms with van der Waals surface area (Å²) in [6.45, 7) is 2.14. The predicted octanol–water partition coefficient (Wildman–Crippen LogP) is 5.28. The Hall–Kier alpha value is -5.22. The first-order valence-electron chi connectivity index (χ1n) is 16.2. The maximum absolute atomic E-state index is 14.5. The van der Waals surface area contributed by atoms with E-state index in [1.807, 2.05) is 17.0 Å². The molecule has 49 heavy (non-hydrogen) atoms. The second-order valence-electron chi connectivity index (χ2n) is 12.5. The molecule has 5 aromatic rings. The number of imidazole rings is 1. The molecule has 2 saturated heterocycles. The maximum Gasteiger partial charge on any atom is 0.247 e. The van der Waals surface area contributed by atoms with Gasteiger partial charge < -0.3 is 15.6 Å². The summed E-state index contributed by atoms with van der Waals surface area (Å²) in [5.41, 5.74) is 10.7. The Morgan fingerprint density at radius 1 is 1.08 bits per heavy atom. The van der Waals surface area contributed by atoms with Gasteiger partial charge in [-0.15, -0.1) is 5.10 Å². The van der Waals surface area contributed by atoms with Crippen molar-refractivity contribution in [2.45, 2.75) is 43.3 Å². The molecule has 7 rings (SSSR count). The summed E-state index contributed by atoms with van der Waals surface area (Å²) < 4.78 is 15.7. The van der Waals surface area contributed by atoms with E-state index < -0.39 is 6.04 Å². The normalized spacial score (nSPS) is 20.4. The molecule has 3 unspecified atom stereocenters. The highest BCUT2D eigenvalue weighted by atomic mass is 35.5. The van der Waals surface area contributed by atoms with Crippen molar-refractivity contribution in [2.75, 3.05) is 19.6 Å². The topological polar surface area (TPSA) is 146 Å². The number of nitriles is 1. The highest BCUT2D eigenvalue weighted by molar-refractivity contribution is 6.30. The van der Waals surface area contributed by atoms with Gasteiger partial charge in [0.15, 0.2) is 0 Å². The Bertz CT molecular complexity index is 1980. The van der Waals surface area contributed by atoms with Crippen molar-refractivity contribution in [3.8, 4) is 23.0 Å². The third kappa shape index (κ3) is 7.00. The lowest BCUT2D eigenvalue weighted by Crippen LogP contribution is -2.55. The number of carbonyl (C=O) groups excluding carboxylic acids is 1. The quantitative estimate of drug-likeness (QED) is 0.222. The molecule has 2 aliphatic rings. The van der Waals surface area contributed by atoms with Crippen LogP contribution < -0.4 is 5.73 Å². The molecule has 2 fully saturated rings. The number of piperidine rings is 2. The van der Waals surface area contributed by atoms with Crippen LogP contribution in [-0.2, 0) is 4.79 Å². The zero-order valence-electron chi connectivity index (χ0n) is 26.5. The first-order valence-corrected chi connectivity index (χ1v) is 16.6. The van der Waals surface area contributed by atoms with Gasteiger partial charge in [-0.25, -0.2) is 9.37 Å². The van der Waals surface area contributed by atoms with E-state index in [1.54, 1.807) is 60.8 Å². The molecule has 3 aromatic carbocycles. The van der Waals surface area contributed by atoms with Crippen molar-refractivity contribution in [2.24, 2.45) is 5.73 Å². The SMILES string of the molecule is N#Cc1ccc(-c2cnc(C3C(c4ccc(F)cc4)CC(N4CCC(N)CC4)CN3C(=O)/C=C/c3cc(Cl)ccc3-n3cnnn3)[nH]2)cc1. The summed E-state index contributed by atoms with van der Waals surface area (Å²) in [7, 11) is 0. The predicted molar refractivity (Wildman–Crippen MR) is 183 cm³/mol. The van der Waals surface area contributed by atoms with E-state index in [1.165, 1.54) is 23.1 Å². The molecule has 1 amide bonds. The minimum Gasteiger partial charge on any atom is -0.340 e. The van der Waals surface area contributed by atoms with E-state index in [4.69, 9.17) is 22.3 Å². The van der Waals surface area contributed by atoms with Crippen LogP contribution in [0.1, 0.15) is 53.7 Å². The molecule has 0 bridgehead atoms. The summed E-state index contributed by atoms with van der Waals surface area (Å²) in [4.78, 5) is 27.1. The lowest BCUT2D eigenvalue weighted by Gasteiger charge is -2.48. The molecule has 2 aliphatic heterocycles. The van der Waals surface area contributed by atoms with Crippen molar-refractivity contribution in [3.63, 3.8) is 0 Å². The summed E-state index contributed by atoms with van der Waals surface area (Å²) in [5, 5.41) is 21.3. The number of rotatable bonds is 7. The van der Waals surface area contributed by atoms with Crippen LogP contribution in [0.2, 0.25) is 5.02 Å². The molecule has 0 radical (unpaired) electrons. The zero-order chi connectivity index (χ0) is 33.9. The van der Waals surface area contributed by atoms with Gasteiger partial charge in [-0.2, -0.15) is 9.94 Å². The van der Waals surface area contributed by atoms with E-state index in [2.05, 4.69) is 31.5 Å². The van der Waals surface area contributed by atoms with Crippen LogP contribution in [0.25, 0.3) is 23.0 Å². The molecule has 0 saturated carbocycles. The number of amides is 1. The number of aromatic nitrogens is 6. The largest absolute Gasteiger partial charge is 0.340 e. The van der Waals surface area contributed by atoms with Crippen LogP contribution in [0.3, 0.4) is 0 Å². The van der Waals surface area contributed by atoms with Crippen LogP contribution in [0, 0.1) is 17.1 Å². The molecule has 0 aliphatic carbocycles. The van der Waals surface area contributed by atoms with Crippen molar-refractivity contribution in [1.82, 2.24) is 40.0 Å². The summed E-state index contributed by atoms with van der Waals surface area (Å²) in [5.74, 6) is -0.119. The molecule has 2 aromatic heterocycles. The monoisotopic (exact) mass is 676 g/mol. The van der Waals surface area contributed by atoms with Crippen LogP contribution in [0.4, 0.5) is 4.39 Å². The standard InChI is InChI=1S/C36H34ClFN10O/c37-27-8-11-33(48-22-42-44-45-48)26(17-27)7-12-34(49)47-21-30(46-15-13-29(40)14-16-46)18-31(24-5-9-28(38)10-6-24)35(47)36-41-20-32(43-36)25-3-1-23(19-39)2-4-25/h1-12,17,20,22,29-31,35H,13-16,18,21,40H2,(H,41,43)/b12-7+. The molecule has 3 atom stereocenters. The summed E-state index contributed by atoms with van der Waals surface area (Å²) in [6, 6.07) is 20.9. The van der Waals surface area contributed by atoms with Crippen LogP contribution in [0.15, 0.2) is 85.3 Å². The number of tetrazole rings is 1. The summed E-state index contributed by atoms with van der Waals surface area (Å²) in [6.07, 6.45) is 9.01. The van der Waals surface area contributed by atoms with Crippen LogP contribution in [-0.4, -0.2) is 77.6 Å². The number of halogens is 2. The number of nitrogens with two attached hydrogens (primary N) is 1. The van der Waals surface area contributed by atoms with E-state index in [0.29, 0.717) is 34.2 Å². The number of hydrogen-bond donors (Lipinski definition) is 2. The number of nitrogens with zero attached hydrogens (tertiary/aromatic N) is 8. The fourth-order valence-corrected chi connectivity index (χ4v) is 7.13. The highest BCUT2D eigenvalue weighted by Gasteiger charge is 2.43. The van der Waals surface area contributed by atoms with Crippen molar-refractivity contribution >= 4 is 23.6 Å². The molecule has 11 nitrogen and oxygen atoms in total. The van der Waals surface area contributed by atoms with E-state index >= 15 is 0 Å². The van der Waals surface area contributed by atoms with Gasteiger partial charge in [0, 0.05) is 41.2 Å². The Kier molecular flexibility index (Phi) is 9.30. The molecule has 0 spiro atoms. The second kappa shape index (κ2) is 14.1. The lowest BCUT2D eigenvalue weighted by molar-refractivity contribution is -0.132. The first kappa shape index (κ1) is 32.3. The van der Waals surface area contributed by atoms with E-state index in [-0.39, 0.29) is 29.7 Å². The average Bonchev–Trinajstić information content (AvgIpc) is 3.85. The van der Waals surface area contributed by atoms with Gasteiger partial charge >= 0.3 is 0 Å². The molecular weight excluding hydrogens is 643 g/mol. The van der Waals surface area contributed by atoms with Gasteiger partial charge in [-0.1, -0.05) is 35.9 Å². The van der Waals surface area contributed by atoms with Gasteiger partial charge in [0.2, 0.25) is 5.91 Å². The number of nitrogens with one attached hydrogen (secondary N) is 1. The maximum atomic E-state index is 14.5. The second-order valence-corrected chi connectivity index (χ2v) is 13.0. The van der Waals surface area contributed by atoms with Crippen LogP contribution in [0.5, 0.6) is 0 Å². The summed E-state index contributed by atoms with van der Waals surface area (Å²) >= 11 is 6.37. The molecule has 3 N–H and O–H groups in total. The van der Waals surface area contributed by atoms with Gasteiger partial charge in [0.05, 0.1) is 35.3 Å². The van der Waals surface area contributed by atoms with Gasteiger partial charge in [-0.3, -0.25) is 9.69 Å². The Morgan fingerprint density at radius 2 is 1.86 bits per heavy atom. The minimum atomic E-state index is -0.489. The number of aromatic amines is 1. The fourth-order valence-electron chi connectivity index (χ4n) is 6.95. The molecule has 248 valence electrons. The Morgan fingerprint density at radius 3 is 2.57 bits per heavy atom. The number of H-pyrrole nitrogens is 1. The third-order valence-electron chi connectivity index (χ3n) is 9.51. The minimum absolute atomic E-state index is 0.0482.